The van der Waals surface area contributed by atoms with Crippen LogP contribution in [0.25, 0.3) is 0 Å². The van der Waals surface area contributed by atoms with E-state index in [9.17, 15) is 18.0 Å². The van der Waals surface area contributed by atoms with Gasteiger partial charge in [-0.2, -0.15) is 13.2 Å². The Labute approximate surface area is 175 Å². The quantitative estimate of drug-likeness (QED) is 0.786. The van der Waals surface area contributed by atoms with Crippen LogP contribution in [0.2, 0.25) is 0 Å². The second-order valence-electron chi connectivity index (χ2n) is 9.58. The van der Waals surface area contributed by atoms with E-state index in [1.807, 2.05) is 0 Å². The molecule has 3 heterocycles. The molecule has 2 unspecified atom stereocenters. The van der Waals surface area contributed by atoms with E-state index in [1.165, 1.54) is 6.07 Å². The molecule has 2 saturated heterocycles. The van der Waals surface area contributed by atoms with Crippen molar-refractivity contribution >= 4 is 5.91 Å². The largest absolute Gasteiger partial charge is 0.416 e. The van der Waals surface area contributed by atoms with Crippen molar-refractivity contribution in [3.05, 3.63) is 34.9 Å². The van der Waals surface area contributed by atoms with Gasteiger partial charge in [-0.1, -0.05) is 19.1 Å². The number of halogens is 3. The predicted octanol–water partition coefficient (Wildman–Crippen LogP) is 3.92. The number of nitrogens with one attached hydrogen (secondary N) is 1. The van der Waals surface area contributed by atoms with Crippen LogP contribution in [0.1, 0.15) is 55.7 Å². The number of fused-ring (bicyclic) bond motifs is 2. The first kappa shape index (κ1) is 20.3. The molecular weight excluding hydrogens is 393 g/mol. The molecule has 1 saturated carbocycles. The summed E-state index contributed by atoms with van der Waals surface area (Å²) in [5.41, 5.74) is 0.00483. The van der Waals surface area contributed by atoms with E-state index in [4.69, 9.17) is 4.74 Å². The topological polar surface area (TPSA) is 41.6 Å². The highest BCUT2D eigenvalue weighted by atomic mass is 19.4. The Morgan fingerprint density at radius 3 is 2.67 bits per heavy atom. The van der Waals surface area contributed by atoms with Crippen LogP contribution >= 0.6 is 0 Å². The molecular formula is C23H29F3N2O2. The average molecular weight is 422 g/mol. The van der Waals surface area contributed by atoms with E-state index in [1.54, 1.807) is 11.0 Å². The van der Waals surface area contributed by atoms with Crippen LogP contribution in [0.15, 0.2) is 18.2 Å². The SMILES string of the molecule is CC1C2Cc3cccc(C(F)(F)F)c3CN2C(=O)[C@]12CC[C@@H](NC1CCOCC1)C2. The molecule has 1 aromatic rings. The highest BCUT2D eigenvalue weighted by Crippen LogP contribution is 2.55. The summed E-state index contributed by atoms with van der Waals surface area (Å²) in [7, 11) is 0. The van der Waals surface area contributed by atoms with E-state index < -0.39 is 17.2 Å². The zero-order valence-electron chi connectivity index (χ0n) is 17.3. The van der Waals surface area contributed by atoms with Crippen molar-refractivity contribution < 1.29 is 22.7 Å². The number of carbonyl (C=O) groups is 1. The Morgan fingerprint density at radius 1 is 1.17 bits per heavy atom. The summed E-state index contributed by atoms with van der Waals surface area (Å²) in [6.07, 6.45) is 0.689. The van der Waals surface area contributed by atoms with Gasteiger partial charge in [0.2, 0.25) is 5.91 Å². The summed E-state index contributed by atoms with van der Waals surface area (Å²) >= 11 is 0. The molecule has 1 spiro atoms. The normalized spacial score (nSPS) is 34.5. The molecule has 164 valence electrons. The Morgan fingerprint density at radius 2 is 1.93 bits per heavy atom. The van der Waals surface area contributed by atoms with Gasteiger partial charge in [0.1, 0.15) is 0 Å². The third kappa shape index (κ3) is 3.16. The lowest BCUT2D eigenvalue weighted by Crippen LogP contribution is -2.42. The molecule has 1 aromatic carbocycles. The Hall–Kier alpha value is -1.60. The average Bonchev–Trinajstić information content (AvgIpc) is 3.23. The Kier molecular flexibility index (Phi) is 4.89. The van der Waals surface area contributed by atoms with Gasteiger partial charge in [-0.25, -0.2) is 0 Å². The smallest absolute Gasteiger partial charge is 0.381 e. The molecule has 1 aliphatic carbocycles. The minimum atomic E-state index is -4.39. The fourth-order valence-electron chi connectivity index (χ4n) is 6.44. The summed E-state index contributed by atoms with van der Waals surface area (Å²) in [6, 6.07) is 5.17. The van der Waals surface area contributed by atoms with Gasteiger partial charge in [-0.3, -0.25) is 4.79 Å². The van der Waals surface area contributed by atoms with Gasteiger partial charge >= 0.3 is 6.18 Å². The second kappa shape index (κ2) is 7.23. The van der Waals surface area contributed by atoms with E-state index in [2.05, 4.69) is 12.2 Å². The maximum Gasteiger partial charge on any atom is 0.416 e. The van der Waals surface area contributed by atoms with Gasteiger partial charge in [0, 0.05) is 37.9 Å². The highest BCUT2D eigenvalue weighted by Gasteiger charge is 2.60. The maximum absolute atomic E-state index is 13.6. The molecule has 4 atom stereocenters. The van der Waals surface area contributed by atoms with E-state index in [0.29, 0.717) is 18.5 Å². The van der Waals surface area contributed by atoms with Crippen LogP contribution in [-0.2, 0) is 28.7 Å². The number of hydrogen-bond donors (Lipinski definition) is 1. The maximum atomic E-state index is 13.6. The molecule has 0 aromatic heterocycles. The zero-order valence-corrected chi connectivity index (χ0v) is 17.3. The highest BCUT2D eigenvalue weighted by molar-refractivity contribution is 5.87. The van der Waals surface area contributed by atoms with Crippen LogP contribution in [0.5, 0.6) is 0 Å². The van der Waals surface area contributed by atoms with Gasteiger partial charge < -0.3 is 15.0 Å². The van der Waals surface area contributed by atoms with Crippen molar-refractivity contribution in [2.45, 2.75) is 76.3 Å². The van der Waals surface area contributed by atoms with Crippen LogP contribution in [-0.4, -0.2) is 42.1 Å². The van der Waals surface area contributed by atoms with Crippen LogP contribution in [0.3, 0.4) is 0 Å². The molecule has 3 aliphatic heterocycles. The third-order valence-corrected chi connectivity index (χ3v) is 8.11. The van der Waals surface area contributed by atoms with Gasteiger partial charge in [0.05, 0.1) is 11.0 Å². The van der Waals surface area contributed by atoms with Gasteiger partial charge in [-0.15, -0.1) is 0 Å². The summed E-state index contributed by atoms with van der Waals surface area (Å²) < 4.78 is 46.1. The molecule has 3 fully saturated rings. The van der Waals surface area contributed by atoms with E-state index in [-0.39, 0.29) is 30.0 Å². The monoisotopic (exact) mass is 422 g/mol. The first-order valence-electron chi connectivity index (χ1n) is 11.1. The molecule has 1 N–H and O–H groups in total. The van der Waals surface area contributed by atoms with Gasteiger partial charge in [0.15, 0.2) is 0 Å². The minimum absolute atomic E-state index is 0.00434. The summed E-state index contributed by atoms with van der Waals surface area (Å²) in [5, 5.41) is 3.74. The van der Waals surface area contributed by atoms with Crippen molar-refractivity contribution in [2.75, 3.05) is 13.2 Å². The number of ether oxygens (including phenoxy) is 1. The lowest BCUT2D eigenvalue weighted by Gasteiger charge is -2.34. The molecule has 30 heavy (non-hydrogen) atoms. The van der Waals surface area contributed by atoms with Crippen LogP contribution in [0.4, 0.5) is 13.2 Å². The molecule has 0 bridgehead atoms. The van der Waals surface area contributed by atoms with Crippen molar-refractivity contribution in [1.29, 1.82) is 0 Å². The fraction of sp³-hybridized carbons (Fsp3) is 0.696. The first-order valence-corrected chi connectivity index (χ1v) is 11.1. The number of nitrogens with zero attached hydrogens (tertiary/aromatic N) is 1. The summed E-state index contributed by atoms with van der Waals surface area (Å²) in [4.78, 5) is 15.3. The number of carbonyl (C=O) groups excluding carboxylic acids is 1. The number of benzene rings is 1. The standard InChI is InChI=1S/C23H29F3N2O2/c1-14-20-11-15-3-2-4-19(23(24,25)26)18(15)13-28(20)21(29)22(14)8-5-17(12-22)27-16-6-9-30-10-7-16/h2-4,14,16-17,20,27H,5-13H2,1H3/t14?,17-,20?,22+/m1/s1. The van der Waals surface area contributed by atoms with Gasteiger partial charge in [0.25, 0.3) is 0 Å². The molecule has 5 rings (SSSR count). The third-order valence-electron chi connectivity index (χ3n) is 8.11. The second-order valence-corrected chi connectivity index (χ2v) is 9.58. The molecule has 7 heteroatoms. The lowest BCUT2D eigenvalue weighted by molar-refractivity contribution is -0.142. The number of alkyl halides is 3. The summed E-state index contributed by atoms with van der Waals surface area (Å²) in [6.45, 7) is 3.78. The predicted molar refractivity (Wildman–Crippen MR) is 106 cm³/mol. The first-order chi connectivity index (χ1) is 14.3. The van der Waals surface area contributed by atoms with E-state index in [0.717, 1.165) is 56.9 Å². The van der Waals surface area contributed by atoms with Crippen molar-refractivity contribution in [1.82, 2.24) is 10.2 Å². The van der Waals surface area contributed by atoms with Crippen LogP contribution in [0, 0.1) is 11.3 Å². The molecule has 1 amide bonds. The number of rotatable bonds is 2. The Balaban J connectivity index is 1.37. The molecule has 4 nitrogen and oxygen atoms in total. The van der Waals surface area contributed by atoms with Crippen molar-refractivity contribution in [2.24, 2.45) is 11.3 Å². The number of amides is 1. The van der Waals surface area contributed by atoms with Crippen molar-refractivity contribution in [3.8, 4) is 0 Å². The van der Waals surface area contributed by atoms with Crippen molar-refractivity contribution in [3.63, 3.8) is 0 Å². The summed E-state index contributed by atoms with van der Waals surface area (Å²) in [5.74, 6) is 0.216. The zero-order chi connectivity index (χ0) is 21.1. The minimum Gasteiger partial charge on any atom is -0.381 e. The van der Waals surface area contributed by atoms with Crippen LogP contribution < -0.4 is 5.32 Å². The Bertz CT molecular complexity index is 836. The molecule has 4 aliphatic rings. The molecule has 0 radical (unpaired) electrons. The lowest BCUT2D eigenvalue weighted by atomic mass is 9.73. The number of hydrogen-bond acceptors (Lipinski definition) is 3. The van der Waals surface area contributed by atoms with E-state index >= 15 is 0 Å². The fourth-order valence-corrected chi connectivity index (χ4v) is 6.44. The van der Waals surface area contributed by atoms with Gasteiger partial charge in [-0.05, 0) is 61.6 Å².